The van der Waals surface area contributed by atoms with Crippen molar-refractivity contribution in [2.24, 2.45) is 0 Å². The van der Waals surface area contributed by atoms with Gasteiger partial charge < -0.3 is 19.3 Å². The number of hydrogen-bond acceptors (Lipinski definition) is 7. The van der Waals surface area contributed by atoms with Crippen molar-refractivity contribution in [1.82, 2.24) is 0 Å². The zero-order chi connectivity index (χ0) is 28.4. The number of ether oxygens (including phenoxy) is 3. The van der Waals surface area contributed by atoms with Crippen LogP contribution in [-0.2, 0) is 16.0 Å². The quantitative estimate of drug-likeness (QED) is 0.129. The maximum Gasteiger partial charge on any atom is 0.347 e. The Hall–Kier alpha value is -4.49. The average molecular weight is 529 g/mol. The fraction of sp³-hybridized carbons (Fsp3) is 0.219. The topological polar surface area (TPSA) is 99.1 Å². The lowest BCUT2D eigenvalue weighted by atomic mass is 10.0. The molecule has 0 aliphatic carbocycles. The van der Waals surface area contributed by atoms with E-state index in [2.05, 4.69) is 20.1 Å². The fourth-order valence-corrected chi connectivity index (χ4v) is 3.57. The number of benzene rings is 3. The van der Waals surface area contributed by atoms with Gasteiger partial charge in [-0.1, -0.05) is 63.3 Å². The predicted molar refractivity (Wildman–Crippen MR) is 149 cm³/mol. The fourth-order valence-electron chi connectivity index (χ4n) is 3.57. The number of aryl methyl sites for hydroxylation is 1. The van der Waals surface area contributed by atoms with Crippen molar-refractivity contribution < 1.29 is 33.7 Å². The summed E-state index contributed by atoms with van der Waals surface area (Å²) in [7, 11) is 0. The minimum atomic E-state index is -0.862. The van der Waals surface area contributed by atoms with Gasteiger partial charge in [-0.2, -0.15) is 0 Å². The molecule has 39 heavy (non-hydrogen) atoms. The monoisotopic (exact) mass is 528 g/mol. The van der Waals surface area contributed by atoms with Crippen LogP contribution in [0.4, 0.5) is 0 Å². The molecular weight excluding hydrogens is 496 g/mol. The van der Waals surface area contributed by atoms with Crippen LogP contribution in [0.5, 0.6) is 17.2 Å². The molecule has 3 rings (SSSR count). The molecule has 0 heterocycles. The molecule has 0 saturated heterocycles. The van der Waals surface area contributed by atoms with Gasteiger partial charge in [-0.25, -0.2) is 14.4 Å². The maximum atomic E-state index is 13.2. The highest BCUT2D eigenvalue weighted by atomic mass is 16.6. The van der Waals surface area contributed by atoms with Crippen molar-refractivity contribution in [2.75, 3.05) is 6.61 Å². The van der Waals surface area contributed by atoms with Gasteiger partial charge in [0.05, 0.1) is 12.2 Å². The van der Waals surface area contributed by atoms with Crippen LogP contribution in [0.1, 0.15) is 49.0 Å². The molecule has 0 amide bonds. The van der Waals surface area contributed by atoms with Crippen LogP contribution in [0.15, 0.2) is 91.0 Å². The minimum absolute atomic E-state index is 0.0106. The maximum absolute atomic E-state index is 13.2. The number of carbonyl (C=O) groups excluding carboxylic acids is 3. The molecule has 0 saturated carbocycles. The number of aliphatic hydroxyl groups excluding tert-OH is 1. The number of unbranched alkanes of at least 4 members (excludes halogenated alkanes) is 2. The smallest absolute Gasteiger partial charge is 0.347 e. The van der Waals surface area contributed by atoms with E-state index >= 15 is 0 Å². The Morgan fingerprint density at radius 1 is 0.769 bits per heavy atom. The summed E-state index contributed by atoms with van der Waals surface area (Å²) in [5.74, 6) is -1.45. The molecule has 7 heteroatoms. The number of aliphatic hydroxyl groups is 1. The van der Waals surface area contributed by atoms with E-state index in [1.807, 2.05) is 12.1 Å². The molecule has 0 fully saturated rings. The first-order valence-corrected chi connectivity index (χ1v) is 12.7. The number of rotatable bonds is 12. The zero-order valence-electron chi connectivity index (χ0n) is 22.2. The molecule has 1 N–H and O–H groups in total. The van der Waals surface area contributed by atoms with Crippen molar-refractivity contribution in [3.63, 3.8) is 0 Å². The van der Waals surface area contributed by atoms with E-state index in [0.29, 0.717) is 22.6 Å². The summed E-state index contributed by atoms with van der Waals surface area (Å²) in [6.07, 6.45) is 4.33. The third kappa shape index (κ3) is 8.25. The van der Waals surface area contributed by atoms with E-state index in [9.17, 15) is 19.5 Å². The van der Waals surface area contributed by atoms with E-state index in [0.717, 1.165) is 31.2 Å². The number of esters is 3. The van der Waals surface area contributed by atoms with Crippen LogP contribution in [-0.4, -0.2) is 29.6 Å². The Labute approximate surface area is 228 Å². The highest BCUT2D eigenvalue weighted by Crippen LogP contribution is 2.30. The highest BCUT2D eigenvalue weighted by Gasteiger charge is 2.20. The van der Waals surface area contributed by atoms with Gasteiger partial charge in [0.25, 0.3) is 0 Å². The second-order valence-corrected chi connectivity index (χ2v) is 9.05. The highest BCUT2D eigenvalue weighted by molar-refractivity contribution is 5.98. The van der Waals surface area contributed by atoms with E-state index in [-0.39, 0.29) is 22.5 Å². The molecule has 0 aliphatic rings. The van der Waals surface area contributed by atoms with Crippen molar-refractivity contribution in [1.29, 1.82) is 0 Å². The number of carbonyl (C=O) groups is 3. The second kappa shape index (κ2) is 13.9. The Balaban J connectivity index is 1.87. The zero-order valence-corrected chi connectivity index (χ0v) is 22.2. The van der Waals surface area contributed by atoms with Gasteiger partial charge in [-0.15, -0.1) is 0 Å². The van der Waals surface area contributed by atoms with E-state index in [1.54, 1.807) is 55.5 Å². The van der Waals surface area contributed by atoms with E-state index in [1.165, 1.54) is 6.07 Å². The second-order valence-electron chi connectivity index (χ2n) is 9.05. The van der Waals surface area contributed by atoms with Crippen LogP contribution in [0.3, 0.4) is 0 Å². The Kier molecular flexibility index (Phi) is 10.3. The first kappa shape index (κ1) is 29.1. The molecule has 0 spiro atoms. The largest absolute Gasteiger partial charge is 0.423 e. The molecule has 0 atom stereocenters. The first-order valence-electron chi connectivity index (χ1n) is 12.7. The summed E-state index contributed by atoms with van der Waals surface area (Å²) in [6, 6.07) is 18.7. The summed E-state index contributed by atoms with van der Waals surface area (Å²) in [5.41, 5.74) is 2.63. The molecule has 202 valence electrons. The van der Waals surface area contributed by atoms with Gasteiger partial charge in [0, 0.05) is 5.57 Å². The molecular formula is C32H32O7. The van der Waals surface area contributed by atoms with Gasteiger partial charge in [-0.05, 0) is 72.9 Å². The van der Waals surface area contributed by atoms with Crippen LogP contribution >= 0.6 is 0 Å². The Morgan fingerprint density at radius 2 is 1.38 bits per heavy atom. The standard InChI is InChI=1S/C32H32O7/c1-5-6-7-8-23-9-14-26(15-10-23)38-32(36)28-19-25(13-18-29(28)39-31(35)22(4)20-33)24-11-16-27(17-12-24)37-30(34)21(2)3/h9-19,33H,2,4-8,20H2,1,3H3. The van der Waals surface area contributed by atoms with Gasteiger partial charge in [0.1, 0.15) is 22.8 Å². The summed E-state index contributed by atoms with van der Waals surface area (Å²) in [5, 5.41) is 9.22. The third-order valence-corrected chi connectivity index (χ3v) is 5.83. The predicted octanol–water partition coefficient (Wildman–Crippen LogP) is 6.24. The summed E-state index contributed by atoms with van der Waals surface area (Å²) >= 11 is 0. The molecule has 0 aliphatic heterocycles. The third-order valence-electron chi connectivity index (χ3n) is 5.83. The van der Waals surface area contributed by atoms with Crippen molar-refractivity contribution >= 4 is 17.9 Å². The Morgan fingerprint density at radius 3 is 2.00 bits per heavy atom. The molecule has 0 radical (unpaired) electrons. The minimum Gasteiger partial charge on any atom is -0.423 e. The summed E-state index contributed by atoms with van der Waals surface area (Å²) in [6.45, 7) is 10.2. The van der Waals surface area contributed by atoms with Crippen LogP contribution in [0.25, 0.3) is 11.1 Å². The van der Waals surface area contributed by atoms with Gasteiger partial charge in [0.15, 0.2) is 0 Å². The van der Waals surface area contributed by atoms with Crippen molar-refractivity contribution in [2.45, 2.75) is 39.5 Å². The van der Waals surface area contributed by atoms with Crippen LogP contribution in [0.2, 0.25) is 0 Å². The first-order chi connectivity index (χ1) is 18.7. The van der Waals surface area contributed by atoms with E-state index < -0.39 is 24.5 Å². The van der Waals surface area contributed by atoms with E-state index in [4.69, 9.17) is 14.2 Å². The SMILES string of the molecule is C=C(C)C(=O)Oc1ccc(-c2ccc(OC(=O)C(=C)CO)c(C(=O)Oc3ccc(CCCCC)cc3)c2)cc1. The molecule has 0 bridgehead atoms. The lowest BCUT2D eigenvalue weighted by Gasteiger charge is -2.13. The summed E-state index contributed by atoms with van der Waals surface area (Å²) < 4.78 is 16.2. The van der Waals surface area contributed by atoms with Crippen molar-refractivity contribution in [3.8, 4) is 28.4 Å². The molecule has 0 aromatic heterocycles. The molecule has 7 nitrogen and oxygen atoms in total. The molecule has 3 aromatic rings. The Bertz CT molecular complexity index is 1350. The average Bonchev–Trinajstić information content (AvgIpc) is 2.94. The van der Waals surface area contributed by atoms with Crippen molar-refractivity contribution in [3.05, 3.63) is 102 Å². The normalized spacial score (nSPS) is 10.4. The van der Waals surface area contributed by atoms with Gasteiger partial charge in [-0.3, -0.25) is 0 Å². The summed E-state index contributed by atoms with van der Waals surface area (Å²) in [4.78, 5) is 37.3. The molecule has 0 unspecified atom stereocenters. The number of hydrogen-bond donors (Lipinski definition) is 1. The van der Waals surface area contributed by atoms with Gasteiger partial charge >= 0.3 is 17.9 Å². The van der Waals surface area contributed by atoms with Crippen LogP contribution in [0, 0.1) is 0 Å². The lowest BCUT2D eigenvalue weighted by Crippen LogP contribution is -2.17. The van der Waals surface area contributed by atoms with Crippen LogP contribution < -0.4 is 14.2 Å². The molecule has 3 aromatic carbocycles. The lowest BCUT2D eigenvalue weighted by molar-refractivity contribution is -0.131. The van der Waals surface area contributed by atoms with Gasteiger partial charge in [0.2, 0.25) is 0 Å².